The zero-order valence-electron chi connectivity index (χ0n) is 28.5. The molecule has 0 aliphatic rings. The van der Waals surface area contributed by atoms with E-state index in [9.17, 15) is 0 Å². The highest BCUT2D eigenvalue weighted by atomic mass is 15.3. The first kappa shape index (κ1) is 31.2. The fraction of sp³-hybridized carbons (Fsp3) is 0. The minimum Gasteiger partial charge on any atom is -0.264 e. The lowest BCUT2D eigenvalue weighted by molar-refractivity contribution is 0.911. The highest BCUT2D eigenvalue weighted by Gasteiger charge is 2.22. The van der Waals surface area contributed by atoms with E-state index in [0.717, 1.165) is 33.3 Å². The Hall–Kier alpha value is -6.78. The molecule has 0 N–H and O–H groups in total. The Kier molecular flexibility index (Phi) is 8.32. The van der Waals surface area contributed by atoms with Crippen LogP contribution in [0, 0.1) is 0 Å². The smallest absolute Gasteiger partial charge is 0.241 e. The second-order valence-electron chi connectivity index (χ2n) is 13.1. The van der Waals surface area contributed by atoms with Crippen molar-refractivity contribution in [2.75, 3.05) is 0 Å². The van der Waals surface area contributed by atoms with Crippen LogP contribution in [-0.4, -0.2) is 21.5 Å². The number of hydrogen-bond acceptors (Lipinski definition) is 2. The molecule has 2 heterocycles. The lowest BCUT2D eigenvalue weighted by Crippen LogP contribution is -2.51. The van der Waals surface area contributed by atoms with E-state index in [1.807, 2.05) is 29.3 Å². The lowest BCUT2D eigenvalue weighted by atomic mass is 9.37. The molecular formula is C48H34BN3. The van der Waals surface area contributed by atoms with Crippen LogP contribution in [0.5, 0.6) is 0 Å². The van der Waals surface area contributed by atoms with E-state index in [0.29, 0.717) is 0 Å². The summed E-state index contributed by atoms with van der Waals surface area (Å²) in [4.78, 5) is 4.51. The van der Waals surface area contributed by atoms with Crippen molar-refractivity contribution >= 4 is 34.0 Å². The van der Waals surface area contributed by atoms with Gasteiger partial charge < -0.3 is 0 Å². The summed E-state index contributed by atoms with van der Waals surface area (Å²) < 4.78 is 2.04. The van der Waals surface area contributed by atoms with Crippen LogP contribution in [0.25, 0.3) is 61.1 Å². The summed E-state index contributed by atoms with van der Waals surface area (Å²) in [5.74, 6) is 0. The van der Waals surface area contributed by atoms with Crippen molar-refractivity contribution in [3.8, 4) is 50.2 Å². The topological polar surface area (TPSA) is 30.7 Å². The number of pyridine rings is 1. The van der Waals surface area contributed by atoms with Crippen LogP contribution in [0.1, 0.15) is 0 Å². The average molecular weight is 664 g/mol. The van der Waals surface area contributed by atoms with Crippen molar-refractivity contribution in [1.82, 2.24) is 14.8 Å². The summed E-state index contributed by atoms with van der Waals surface area (Å²) in [5, 5.41) is 6.04. The van der Waals surface area contributed by atoms with Crippen LogP contribution < -0.4 is 16.4 Å². The highest BCUT2D eigenvalue weighted by molar-refractivity contribution is 6.95. The van der Waals surface area contributed by atoms with Gasteiger partial charge in [-0.3, -0.25) is 4.98 Å². The Morgan fingerprint density at radius 1 is 0.385 bits per heavy atom. The first-order chi connectivity index (χ1) is 25.8. The summed E-state index contributed by atoms with van der Waals surface area (Å²) in [5.41, 5.74) is 15.2. The first-order valence-corrected chi connectivity index (χ1v) is 17.7. The van der Waals surface area contributed by atoms with Gasteiger partial charge in [0.05, 0.1) is 17.4 Å². The van der Waals surface area contributed by atoms with Crippen LogP contribution >= 0.6 is 0 Å². The summed E-state index contributed by atoms with van der Waals surface area (Å²) in [6.45, 7) is 0.177. The molecule has 0 atom stereocenters. The molecule has 0 saturated heterocycles. The molecule has 0 aliphatic carbocycles. The molecule has 4 heteroatoms. The van der Waals surface area contributed by atoms with Gasteiger partial charge >= 0.3 is 0 Å². The van der Waals surface area contributed by atoms with Crippen molar-refractivity contribution in [2.45, 2.75) is 0 Å². The quantitative estimate of drug-likeness (QED) is 0.152. The Labute approximate surface area is 304 Å². The monoisotopic (exact) mass is 663 g/mol. The Balaban J connectivity index is 1.07. The third kappa shape index (κ3) is 5.91. The third-order valence-electron chi connectivity index (χ3n) is 9.96. The van der Waals surface area contributed by atoms with Gasteiger partial charge in [-0.1, -0.05) is 180 Å². The van der Waals surface area contributed by atoms with E-state index in [1.165, 1.54) is 44.2 Å². The number of fused-ring (bicyclic) bond motifs is 1. The summed E-state index contributed by atoms with van der Waals surface area (Å²) in [7, 11) is 0. The van der Waals surface area contributed by atoms with Crippen molar-refractivity contribution < 1.29 is 0 Å². The Bertz CT molecular complexity index is 2540. The van der Waals surface area contributed by atoms with E-state index >= 15 is 0 Å². The van der Waals surface area contributed by atoms with Crippen LogP contribution in [0.15, 0.2) is 207 Å². The van der Waals surface area contributed by atoms with Crippen LogP contribution in [-0.2, 0) is 0 Å². The molecule has 0 unspecified atom stereocenters. The minimum atomic E-state index is 0.177. The molecule has 52 heavy (non-hydrogen) atoms. The van der Waals surface area contributed by atoms with Crippen molar-refractivity contribution in [1.29, 1.82) is 0 Å². The molecule has 0 amide bonds. The molecule has 0 radical (unpaired) electrons. The van der Waals surface area contributed by atoms with Gasteiger partial charge in [-0.25, -0.2) is 4.68 Å². The maximum atomic E-state index is 4.95. The average Bonchev–Trinajstić information content (AvgIpc) is 3.67. The Morgan fingerprint density at radius 2 is 0.942 bits per heavy atom. The van der Waals surface area contributed by atoms with E-state index in [-0.39, 0.29) is 6.71 Å². The standard InChI is InChI=1S/C48H34BN3/c1-4-13-37(14-5-1)43-20-10-11-21-44(43)45-30-31-47-46(48(45)38-15-12-32-50-33-38)34-51-52(47)42-28-24-36(25-29-42)35-22-26-41(27-23-35)49(39-16-6-2-7-17-39)40-18-8-3-9-19-40/h1-34H. The van der Waals surface area contributed by atoms with Crippen molar-refractivity contribution in [3.05, 3.63) is 207 Å². The SMILES string of the molecule is c1ccc(B(c2ccccc2)c2ccc(-c3ccc(-n4ncc5c(-c6cccnc6)c(-c6ccccc6-c6ccccc6)ccc54)cc3)cc2)cc1. The van der Waals surface area contributed by atoms with Crippen molar-refractivity contribution in [2.24, 2.45) is 0 Å². The molecule has 0 fully saturated rings. The van der Waals surface area contributed by atoms with Gasteiger partial charge in [-0.15, -0.1) is 0 Å². The van der Waals surface area contributed by atoms with Crippen LogP contribution in [0.2, 0.25) is 0 Å². The summed E-state index contributed by atoms with van der Waals surface area (Å²) >= 11 is 0. The van der Waals surface area contributed by atoms with Gasteiger partial charge in [0.1, 0.15) is 0 Å². The van der Waals surface area contributed by atoms with Crippen LogP contribution in [0.3, 0.4) is 0 Å². The fourth-order valence-electron chi connectivity index (χ4n) is 7.47. The normalized spacial score (nSPS) is 11.1. The molecule has 7 aromatic carbocycles. The first-order valence-electron chi connectivity index (χ1n) is 17.7. The van der Waals surface area contributed by atoms with E-state index in [2.05, 4.69) is 187 Å². The van der Waals surface area contributed by atoms with Crippen molar-refractivity contribution in [3.63, 3.8) is 0 Å². The number of aromatic nitrogens is 3. The second-order valence-corrected chi connectivity index (χ2v) is 13.1. The maximum Gasteiger partial charge on any atom is 0.241 e. The van der Waals surface area contributed by atoms with E-state index in [1.54, 1.807) is 0 Å². The molecule has 0 aliphatic heterocycles. The van der Waals surface area contributed by atoms with Gasteiger partial charge in [-0.05, 0) is 57.6 Å². The molecular weight excluding hydrogens is 629 g/mol. The van der Waals surface area contributed by atoms with Crippen LogP contribution in [0.4, 0.5) is 0 Å². The number of nitrogens with zero attached hydrogens (tertiary/aromatic N) is 3. The van der Waals surface area contributed by atoms with Gasteiger partial charge in [-0.2, -0.15) is 5.10 Å². The van der Waals surface area contributed by atoms with Gasteiger partial charge in [0, 0.05) is 28.9 Å². The zero-order valence-corrected chi connectivity index (χ0v) is 28.5. The third-order valence-corrected chi connectivity index (χ3v) is 9.96. The molecule has 0 bridgehead atoms. The van der Waals surface area contributed by atoms with Gasteiger partial charge in [0.2, 0.25) is 6.71 Å². The summed E-state index contributed by atoms with van der Waals surface area (Å²) in [6, 6.07) is 67.0. The summed E-state index contributed by atoms with van der Waals surface area (Å²) in [6.07, 6.45) is 5.77. The number of rotatable bonds is 8. The number of hydrogen-bond donors (Lipinski definition) is 0. The molecule has 2 aromatic heterocycles. The maximum absolute atomic E-state index is 4.95. The number of benzene rings is 7. The molecule has 0 saturated carbocycles. The minimum absolute atomic E-state index is 0.177. The van der Waals surface area contributed by atoms with Gasteiger partial charge in [0.25, 0.3) is 0 Å². The molecule has 0 spiro atoms. The molecule has 244 valence electrons. The molecule has 9 rings (SSSR count). The predicted octanol–water partition coefficient (Wildman–Crippen LogP) is 9.60. The highest BCUT2D eigenvalue weighted by Crippen LogP contribution is 2.42. The molecule has 9 aromatic rings. The van der Waals surface area contributed by atoms with E-state index in [4.69, 9.17) is 5.10 Å². The largest absolute Gasteiger partial charge is 0.264 e. The predicted molar refractivity (Wildman–Crippen MR) is 218 cm³/mol. The Morgan fingerprint density at radius 3 is 1.58 bits per heavy atom. The molecule has 3 nitrogen and oxygen atoms in total. The van der Waals surface area contributed by atoms with E-state index < -0.39 is 0 Å². The zero-order chi connectivity index (χ0) is 34.7. The fourth-order valence-corrected chi connectivity index (χ4v) is 7.47. The van der Waals surface area contributed by atoms with Gasteiger partial charge in [0.15, 0.2) is 0 Å². The lowest BCUT2D eigenvalue weighted by Gasteiger charge is -2.16. The second kappa shape index (κ2) is 13.9.